The van der Waals surface area contributed by atoms with Crippen LogP contribution < -0.4 is 15.4 Å². The topological polar surface area (TPSA) is 70.7 Å². The Labute approximate surface area is 168 Å². The molecule has 0 bridgehead atoms. The van der Waals surface area contributed by atoms with E-state index in [1.807, 2.05) is 29.2 Å². The van der Waals surface area contributed by atoms with E-state index in [1.54, 1.807) is 7.11 Å². The van der Waals surface area contributed by atoms with Crippen LogP contribution in [0.15, 0.2) is 24.3 Å². The van der Waals surface area contributed by atoms with Crippen LogP contribution in [0.4, 0.5) is 0 Å². The molecule has 0 aromatic heterocycles. The van der Waals surface area contributed by atoms with Crippen molar-refractivity contribution in [3.63, 3.8) is 0 Å². The van der Waals surface area contributed by atoms with Crippen molar-refractivity contribution >= 4 is 11.8 Å². The largest absolute Gasteiger partial charge is 0.497 e. The second kappa shape index (κ2) is 9.41. The van der Waals surface area contributed by atoms with Gasteiger partial charge in [-0.3, -0.25) is 9.59 Å². The molecule has 2 fully saturated rings. The molecule has 2 saturated heterocycles. The van der Waals surface area contributed by atoms with Crippen LogP contribution in [-0.4, -0.2) is 49.5 Å². The maximum absolute atomic E-state index is 13.2. The summed E-state index contributed by atoms with van der Waals surface area (Å²) in [4.78, 5) is 27.9. The van der Waals surface area contributed by atoms with E-state index in [-0.39, 0.29) is 36.2 Å². The maximum atomic E-state index is 13.2. The van der Waals surface area contributed by atoms with Gasteiger partial charge < -0.3 is 20.3 Å². The molecule has 2 aliphatic heterocycles. The number of unbranched alkanes of at least 4 members (excludes halogenated alkanes) is 1. The fourth-order valence-corrected chi connectivity index (χ4v) is 4.30. The molecular weight excluding hydrogens is 354 g/mol. The van der Waals surface area contributed by atoms with Gasteiger partial charge in [0, 0.05) is 25.6 Å². The summed E-state index contributed by atoms with van der Waals surface area (Å²) in [6, 6.07) is 7.67. The van der Waals surface area contributed by atoms with E-state index >= 15 is 0 Å². The Morgan fingerprint density at radius 3 is 2.71 bits per heavy atom. The Kier molecular flexibility index (Phi) is 6.94. The molecular formula is C22H33N3O3. The predicted molar refractivity (Wildman–Crippen MR) is 109 cm³/mol. The smallest absolute Gasteiger partial charge is 0.226 e. The maximum Gasteiger partial charge on any atom is 0.226 e. The number of hydrogen-bond acceptors (Lipinski definition) is 4. The lowest BCUT2D eigenvalue weighted by molar-refractivity contribution is -0.129. The lowest BCUT2D eigenvalue weighted by Gasteiger charge is -2.33. The van der Waals surface area contributed by atoms with E-state index in [9.17, 15) is 9.59 Å². The van der Waals surface area contributed by atoms with Crippen molar-refractivity contribution in [3.8, 4) is 5.75 Å². The molecule has 1 aromatic rings. The van der Waals surface area contributed by atoms with Gasteiger partial charge in [-0.15, -0.1) is 0 Å². The standard InChI is InChI=1S/C22H33N3O3/c1-4-5-12-25-20(26)13-18(21(25)16-6-8-17(28-3)9-7-16)22(27)24-19-14-23-11-10-15(19)2/h6-9,15,18-19,21,23H,4-5,10-14H2,1-3H3,(H,24,27). The number of likely N-dealkylation sites (tertiary alicyclic amines) is 1. The molecule has 6 heteroatoms. The number of nitrogens with zero attached hydrogens (tertiary/aromatic N) is 1. The second-order valence-electron chi connectivity index (χ2n) is 8.05. The van der Waals surface area contributed by atoms with Crippen molar-refractivity contribution in [1.29, 1.82) is 0 Å². The summed E-state index contributed by atoms with van der Waals surface area (Å²) in [5, 5.41) is 6.58. The summed E-state index contributed by atoms with van der Waals surface area (Å²) >= 11 is 0. The summed E-state index contributed by atoms with van der Waals surface area (Å²) in [7, 11) is 1.64. The third-order valence-corrected chi connectivity index (χ3v) is 6.13. The third kappa shape index (κ3) is 4.49. The molecule has 4 atom stereocenters. The van der Waals surface area contributed by atoms with Gasteiger partial charge in [0.1, 0.15) is 5.75 Å². The summed E-state index contributed by atoms with van der Waals surface area (Å²) in [5.41, 5.74) is 0.998. The number of benzene rings is 1. The zero-order valence-electron chi connectivity index (χ0n) is 17.2. The van der Waals surface area contributed by atoms with Gasteiger partial charge in [-0.25, -0.2) is 0 Å². The van der Waals surface area contributed by atoms with Gasteiger partial charge >= 0.3 is 0 Å². The fourth-order valence-electron chi connectivity index (χ4n) is 4.30. The van der Waals surface area contributed by atoms with Crippen LogP contribution in [-0.2, 0) is 9.59 Å². The Bertz CT molecular complexity index is 676. The van der Waals surface area contributed by atoms with Gasteiger partial charge in [-0.1, -0.05) is 32.4 Å². The van der Waals surface area contributed by atoms with E-state index in [0.717, 1.165) is 43.7 Å². The molecule has 4 unspecified atom stereocenters. The highest BCUT2D eigenvalue weighted by Gasteiger charge is 2.44. The molecule has 0 spiro atoms. The molecule has 0 saturated carbocycles. The first-order chi connectivity index (χ1) is 13.5. The molecule has 3 rings (SSSR count). The van der Waals surface area contributed by atoms with E-state index < -0.39 is 0 Å². The molecule has 0 aliphatic carbocycles. The SMILES string of the molecule is CCCCN1C(=O)CC(C(=O)NC2CNCCC2C)C1c1ccc(OC)cc1. The van der Waals surface area contributed by atoms with Crippen molar-refractivity contribution in [2.24, 2.45) is 11.8 Å². The molecule has 0 radical (unpaired) electrons. The number of nitrogens with one attached hydrogen (secondary N) is 2. The molecule has 2 heterocycles. The average molecular weight is 388 g/mol. The molecule has 2 aliphatic rings. The Morgan fingerprint density at radius 1 is 1.32 bits per heavy atom. The molecule has 28 heavy (non-hydrogen) atoms. The predicted octanol–water partition coefficient (Wildman–Crippen LogP) is 2.50. The first-order valence-corrected chi connectivity index (χ1v) is 10.5. The highest BCUT2D eigenvalue weighted by molar-refractivity contribution is 5.90. The minimum Gasteiger partial charge on any atom is -0.497 e. The van der Waals surface area contributed by atoms with Crippen molar-refractivity contribution in [1.82, 2.24) is 15.5 Å². The van der Waals surface area contributed by atoms with Crippen LogP contribution in [0, 0.1) is 11.8 Å². The molecule has 6 nitrogen and oxygen atoms in total. The normalized spacial score (nSPS) is 27.7. The van der Waals surface area contributed by atoms with E-state index in [2.05, 4.69) is 24.5 Å². The number of amides is 2. The number of carbonyl (C=O) groups is 2. The van der Waals surface area contributed by atoms with E-state index in [1.165, 1.54) is 0 Å². The summed E-state index contributed by atoms with van der Waals surface area (Å²) in [5.74, 6) is 0.930. The van der Waals surface area contributed by atoms with Crippen LogP contribution in [0.2, 0.25) is 0 Å². The van der Waals surface area contributed by atoms with Crippen molar-refractivity contribution < 1.29 is 14.3 Å². The monoisotopic (exact) mass is 387 g/mol. The number of carbonyl (C=O) groups excluding carboxylic acids is 2. The van der Waals surface area contributed by atoms with Gasteiger partial charge in [-0.2, -0.15) is 0 Å². The van der Waals surface area contributed by atoms with Gasteiger partial charge in [0.25, 0.3) is 0 Å². The number of hydrogen-bond donors (Lipinski definition) is 2. The zero-order chi connectivity index (χ0) is 20.1. The number of ether oxygens (including phenoxy) is 1. The van der Waals surface area contributed by atoms with Crippen LogP contribution in [0.1, 0.15) is 51.1 Å². The Morgan fingerprint density at radius 2 is 2.07 bits per heavy atom. The van der Waals surface area contributed by atoms with Crippen molar-refractivity contribution in [2.45, 2.75) is 51.6 Å². The number of methoxy groups -OCH3 is 1. The second-order valence-corrected chi connectivity index (χ2v) is 8.05. The van der Waals surface area contributed by atoms with Crippen LogP contribution in [0.3, 0.4) is 0 Å². The summed E-state index contributed by atoms with van der Waals surface area (Å²) < 4.78 is 5.26. The first kappa shape index (κ1) is 20.6. The zero-order valence-corrected chi connectivity index (χ0v) is 17.2. The van der Waals surface area contributed by atoms with Gasteiger partial charge in [0.05, 0.1) is 19.1 Å². The fraction of sp³-hybridized carbons (Fsp3) is 0.636. The molecule has 2 N–H and O–H groups in total. The third-order valence-electron chi connectivity index (χ3n) is 6.13. The van der Waals surface area contributed by atoms with Crippen LogP contribution >= 0.6 is 0 Å². The van der Waals surface area contributed by atoms with Gasteiger partial charge in [-0.05, 0) is 43.0 Å². The average Bonchev–Trinajstić information content (AvgIpc) is 3.04. The Hall–Kier alpha value is -2.08. The lowest BCUT2D eigenvalue weighted by Crippen LogP contribution is -2.52. The minimum absolute atomic E-state index is 0.00582. The van der Waals surface area contributed by atoms with Crippen LogP contribution in [0.25, 0.3) is 0 Å². The minimum atomic E-state index is -0.355. The highest BCUT2D eigenvalue weighted by Crippen LogP contribution is 2.39. The van der Waals surface area contributed by atoms with Crippen LogP contribution in [0.5, 0.6) is 5.75 Å². The number of piperidine rings is 1. The molecule has 1 aromatic carbocycles. The molecule has 2 amide bonds. The van der Waals surface area contributed by atoms with Crippen molar-refractivity contribution in [3.05, 3.63) is 29.8 Å². The first-order valence-electron chi connectivity index (χ1n) is 10.5. The summed E-state index contributed by atoms with van der Waals surface area (Å²) in [6.45, 7) is 6.77. The molecule has 154 valence electrons. The van der Waals surface area contributed by atoms with Crippen molar-refractivity contribution in [2.75, 3.05) is 26.7 Å². The van der Waals surface area contributed by atoms with Gasteiger partial charge in [0.2, 0.25) is 11.8 Å². The summed E-state index contributed by atoms with van der Waals surface area (Å²) in [6.07, 6.45) is 3.29. The van der Waals surface area contributed by atoms with E-state index in [4.69, 9.17) is 4.74 Å². The van der Waals surface area contributed by atoms with E-state index in [0.29, 0.717) is 12.5 Å². The number of rotatable bonds is 7. The quantitative estimate of drug-likeness (QED) is 0.754. The van der Waals surface area contributed by atoms with Gasteiger partial charge in [0.15, 0.2) is 0 Å². The highest BCUT2D eigenvalue weighted by atomic mass is 16.5. The lowest BCUT2D eigenvalue weighted by atomic mass is 9.90. The Balaban J connectivity index is 1.81.